The first-order chi connectivity index (χ1) is 13.9. The zero-order valence-corrected chi connectivity index (χ0v) is 18.4. The highest BCUT2D eigenvalue weighted by Gasteiger charge is 2.16. The molecule has 0 saturated carbocycles. The molecule has 0 radical (unpaired) electrons. The van der Waals surface area contributed by atoms with Gasteiger partial charge in [-0.3, -0.25) is 9.59 Å². The molecule has 1 amide bonds. The molecule has 1 aliphatic carbocycles. The Bertz CT molecular complexity index is 971. The number of thioether (sulfide) groups is 1. The molecule has 1 heterocycles. The van der Waals surface area contributed by atoms with Gasteiger partial charge >= 0.3 is 0 Å². The van der Waals surface area contributed by atoms with Gasteiger partial charge in [0.1, 0.15) is 5.03 Å². The van der Waals surface area contributed by atoms with Crippen LogP contribution in [0.1, 0.15) is 44.6 Å². The van der Waals surface area contributed by atoms with Crippen LogP contribution in [0, 0.1) is 6.92 Å². The molecule has 0 bridgehead atoms. The van der Waals surface area contributed by atoms with Crippen LogP contribution in [0.5, 0.6) is 0 Å². The summed E-state index contributed by atoms with van der Waals surface area (Å²) in [6.45, 7) is 4.41. The largest absolute Gasteiger partial charge is 0.355 e. The fourth-order valence-electron chi connectivity index (χ4n) is 3.21. The maximum absolute atomic E-state index is 12.4. The number of allylic oxidation sites excluding steroid dienone is 1. The van der Waals surface area contributed by atoms with Gasteiger partial charge in [-0.2, -0.15) is 9.78 Å². The van der Waals surface area contributed by atoms with Crippen molar-refractivity contribution >= 4 is 29.3 Å². The highest BCUT2D eigenvalue weighted by atomic mass is 35.5. The SMILES string of the molecule is Cc1ccc(-n2nc(S[C@@H](C)C(=O)NCCC3=CCCCC3)ccc2=O)cc1Cl. The quantitative estimate of drug-likeness (QED) is 0.510. The van der Waals surface area contributed by atoms with Crippen LogP contribution < -0.4 is 10.9 Å². The van der Waals surface area contributed by atoms with Crippen LogP contribution in [0.2, 0.25) is 5.02 Å². The van der Waals surface area contributed by atoms with Crippen LogP contribution >= 0.6 is 23.4 Å². The van der Waals surface area contributed by atoms with Crippen molar-refractivity contribution in [1.29, 1.82) is 0 Å². The molecule has 7 heteroatoms. The smallest absolute Gasteiger partial charge is 0.271 e. The molecule has 1 atom stereocenters. The molecular formula is C22H26ClN3O2S. The lowest BCUT2D eigenvalue weighted by Crippen LogP contribution is -2.32. The van der Waals surface area contributed by atoms with Crippen molar-refractivity contribution in [1.82, 2.24) is 15.1 Å². The summed E-state index contributed by atoms with van der Waals surface area (Å²) in [5.74, 6) is -0.0238. The number of aryl methyl sites for hydroxylation is 1. The number of rotatable bonds is 7. The Morgan fingerprint density at radius 3 is 2.86 bits per heavy atom. The number of hydrogen-bond donors (Lipinski definition) is 1. The van der Waals surface area contributed by atoms with Crippen LogP contribution in [0.3, 0.4) is 0 Å². The molecule has 2 aromatic rings. The zero-order valence-electron chi connectivity index (χ0n) is 16.8. The van der Waals surface area contributed by atoms with Crippen molar-refractivity contribution in [2.75, 3.05) is 6.54 Å². The van der Waals surface area contributed by atoms with Gasteiger partial charge < -0.3 is 5.32 Å². The molecule has 1 aromatic heterocycles. The number of amides is 1. The van der Waals surface area contributed by atoms with E-state index in [4.69, 9.17) is 11.6 Å². The summed E-state index contributed by atoms with van der Waals surface area (Å²) in [7, 11) is 0. The van der Waals surface area contributed by atoms with Crippen LogP contribution in [0.25, 0.3) is 5.69 Å². The first-order valence-corrected chi connectivity index (χ1v) is 11.2. The van der Waals surface area contributed by atoms with Crippen LogP contribution in [0.15, 0.2) is 51.8 Å². The van der Waals surface area contributed by atoms with Crippen molar-refractivity contribution in [3.8, 4) is 5.69 Å². The number of aromatic nitrogens is 2. The van der Waals surface area contributed by atoms with Gasteiger partial charge in [-0.05, 0) is 69.7 Å². The average molecular weight is 432 g/mol. The molecule has 0 aliphatic heterocycles. The third-order valence-electron chi connectivity index (χ3n) is 4.97. The topological polar surface area (TPSA) is 64.0 Å². The van der Waals surface area contributed by atoms with E-state index < -0.39 is 0 Å². The van der Waals surface area contributed by atoms with E-state index in [0.29, 0.717) is 22.3 Å². The third kappa shape index (κ3) is 5.97. The van der Waals surface area contributed by atoms with Gasteiger partial charge in [-0.1, -0.05) is 41.1 Å². The maximum Gasteiger partial charge on any atom is 0.271 e. The third-order valence-corrected chi connectivity index (χ3v) is 6.41. The molecule has 0 spiro atoms. The van der Waals surface area contributed by atoms with Crippen molar-refractivity contribution < 1.29 is 4.79 Å². The molecule has 0 unspecified atom stereocenters. The summed E-state index contributed by atoms with van der Waals surface area (Å²) in [6.07, 6.45) is 8.05. The fourth-order valence-corrected chi connectivity index (χ4v) is 4.21. The number of nitrogens with zero attached hydrogens (tertiary/aromatic N) is 2. The van der Waals surface area contributed by atoms with E-state index >= 15 is 0 Å². The van der Waals surface area contributed by atoms with Gasteiger partial charge in [0.15, 0.2) is 0 Å². The first kappa shape index (κ1) is 21.7. The van der Waals surface area contributed by atoms with Crippen molar-refractivity contribution in [3.05, 3.63) is 62.9 Å². The fraction of sp³-hybridized carbons (Fsp3) is 0.409. The molecule has 1 aliphatic rings. The molecular weight excluding hydrogens is 406 g/mol. The predicted octanol–water partition coefficient (Wildman–Crippen LogP) is 4.68. The Kier molecular flexibility index (Phi) is 7.56. The first-order valence-electron chi connectivity index (χ1n) is 9.93. The van der Waals surface area contributed by atoms with Crippen LogP contribution in [-0.2, 0) is 4.79 Å². The summed E-state index contributed by atoms with van der Waals surface area (Å²) in [4.78, 5) is 24.7. The van der Waals surface area contributed by atoms with E-state index in [1.54, 1.807) is 18.2 Å². The number of benzene rings is 1. The lowest BCUT2D eigenvalue weighted by Gasteiger charge is -2.15. The van der Waals surface area contributed by atoms with E-state index in [2.05, 4.69) is 16.5 Å². The van der Waals surface area contributed by atoms with Gasteiger partial charge in [0.2, 0.25) is 5.91 Å². The maximum atomic E-state index is 12.4. The van der Waals surface area contributed by atoms with Crippen molar-refractivity contribution in [2.45, 2.75) is 56.2 Å². The Morgan fingerprint density at radius 2 is 2.14 bits per heavy atom. The number of hydrogen-bond acceptors (Lipinski definition) is 4. The summed E-state index contributed by atoms with van der Waals surface area (Å²) < 4.78 is 1.31. The molecule has 1 aromatic carbocycles. The monoisotopic (exact) mass is 431 g/mol. The lowest BCUT2D eigenvalue weighted by atomic mass is 9.97. The van der Waals surface area contributed by atoms with E-state index in [0.717, 1.165) is 24.8 Å². The van der Waals surface area contributed by atoms with Gasteiger partial charge in [0, 0.05) is 17.6 Å². The number of nitrogens with one attached hydrogen (secondary N) is 1. The van der Waals surface area contributed by atoms with E-state index in [1.807, 2.05) is 19.9 Å². The Balaban J connectivity index is 1.61. The summed E-state index contributed by atoms with van der Waals surface area (Å²) in [6, 6.07) is 8.48. The highest BCUT2D eigenvalue weighted by molar-refractivity contribution is 8.00. The van der Waals surface area contributed by atoms with Crippen molar-refractivity contribution in [2.24, 2.45) is 0 Å². The standard InChI is InChI=1S/C22H26ClN3O2S/c1-15-8-9-18(14-19(15)23)26-21(27)11-10-20(25-26)29-16(2)22(28)24-13-12-17-6-4-3-5-7-17/h6,8-11,14,16H,3-5,7,12-13H2,1-2H3,(H,24,28)/t16-/m0/s1. The molecule has 29 heavy (non-hydrogen) atoms. The van der Waals surface area contributed by atoms with Gasteiger partial charge in [0.05, 0.1) is 10.9 Å². The molecule has 3 rings (SSSR count). The molecule has 154 valence electrons. The number of halogens is 1. The second kappa shape index (κ2) is 10.1. The Morgan fingerprint density at radius 1 is 1.31 bits per heavy atom. The normalized spacial score (nSPS) is 14.9. The molecule has 5 nitrogen and oxygen atoms in total. The lowest BCUT2D eigenvalue weighted by molar-refractivity contribution is -0.120. The minimum absolute atomic E-state index is 0.0238. The van der Waals surface area contributed by atoms with E-state index in [1.165, 1.54) is 40.9 Å². The van der Waals surface area contributed by atoms with Crippen LogP contribution in [0.4, 0.5) is 0 Å². The van der Waals surface area contributed by atoms with Gasteiger partial charge in [-0.15, -0.1) is 0 Å². The average Bonchev–Trinajstić information content (AvgIpc) is 2.72. The molecule has 1 N–H and O–H groups in total. The summed E-state index contributed by atoms with van der Waals surface area (Å²) in [5.41, 5.74) is 2.74. The second-order valence-electron chi connectivity index (χ2n) is 7.26. The van der Waals surface area contributed by atoms with Crippen LogP contribution in [-0.4, -0.2) is 27.5 Å². The second-order valence-corrected chi connectivity index (χ2v) is 9.03. The minimum atomic E-state index is -0.310. The predicted molar refractivity (Wildman–Crippen MR) is 119 cm³/mol. The molecule has 0 fully saturated rings. The summed E-state index contributed by atoms with van der Waals surface area (Å²) >= 11 is 7.51. The Labute approximate surface area is 180 Å². The summed E-state index contributed by atoms with van der Waals surface area (Å²) in [5, 5.41) is 8.29. The number of carbonyl (C=O) groups is 1. The number of carbonyl (C=O) groups excluding carboxylic acids is 1. The van der Waals surface area contributed by atoms with Gasteiger partial charge in [-0.25, -0.2) is 0 Å². The van der Waals surface area contributed by atoms with Gasteiger partial charge in [0.25, 0.3) is 5.56 Å². The molecule has 0 saturated heterocycles. The minimum Gasteiger partial charge on any atom is -0.355 e. The zero-order chi connectivity index (χ0) is 20.8. The van der Waals surface area contributed by atoms with Crippen molar-refractivity contribution in [3.63, 3.8) is 0 Å². The highest BCUT2D eigenvalue weighted by Crippen LogP contribution is 2.23. The van der Waals surface area contributed by atoms with E-state index in [-0.39, 0.29) is 16.7 Å². The Hall–Kier alpha value is -2.05. The van der Waals surface area contributed by atoms with E-state index in [9.17, 15) is 9.59 Å².